The molecule has 0 aliphatic carbocycles. The third-order valence-electron chi connectivity index (χ3n) is 5.66. The van der Waals surface area contributed by atoms with Crippen LogP contribution in [0.2, 0.25) is 0 Å². The second-order valence-electron chi connectivity index (χ2n) is 8.17. The summed E-state index contributed by atoms with van der Waals surface area (Å²) in [5.74, 6) is 0.554. The zero-order valence-electron chi connectivity index (χ0n) is 19.6. The van der Waals surface area contributed by atoms with Crippen LogP contribution in [0.15, 0.2) is 61.3 Å². The first-order chi connectivity index (χ1) is 17.1. The molecule has 0 aliphatic heterocycles. The molecule has 11 heteroatoms. The van der Waals surface area contributed by atoms with E-state index < -0.39 is 0 Å². The maximum Gasteiger partial charge on any atom is 0.242 e. The van der Waals surface area contributed by atoms with Crippen LogP contribution in [0, 0.1) is 0 Å². The van der Waals surface area contributed by atoms with Gasteiger partial charge < -0.3 is 15.6 Å². The Morgan fingerprint density at radius 1 is 1.06 bits per heavy atom. The number of rotatable bonds is 12. The van der Waals surface area contributed by atoms with Crippen LogP contribution in [0.1, 0.15) is 44.0 Å². The molecule has 3 heterocycles. The molecule has 4 aromatic rings. The number of amides is 2. The van der Waals surface area contributed by atoms with Crippen molar-refractivity contribution in [1.82, 2.24) is 45.4 Å². The van der Waals surface area contributed by atoms with E-state index in [4.69, 9.17) is 0 Å². The topological polar surface area (TPSA) is 135 Å². The van der Waals surface area contributed by atoms with Crippen LogP contribution in [0.5, 0.6) is 0 Å². The molecular formula is C24H29N9O2. The molecule has 0 spiro atoms. The number of nitrogens with zero attached hydrogens (tertiary/aromatic N) is 6. The standard InChI is InChI=1S/C24H29N9O2/c1-25-22(34)7-4-2-3-6-20(29-23(35)17-32-15-13-27-31-32)24-26-16-21(30-24)18-8-10-19(11-9-18)33-14-5-12-28-33/h5,8-16,20H,2-4,6-7,17H2,1H3,(H,25,34)(H,26,30)(H,29,35). The Kier molecular flexibility index (Phi) is 8.00. The summed E-state index contributed by atoms with van der Waals surface area (Å²) in [6, 6.07) is 9.59. The van der Waals surface area contributed by atoms with E-state index in [9.17, 15) is 9.59 Å². The second kappa shape index (κ2) is 11.7. The molecule has 0 saturated carbocycles. The number of H-pyrrole nitrogens is 1. The lowest BCUT2D eigenvalue weighted by atomic mass is 10.1. The molecule has 2 amide bonds. The Balaban J connectivity index is 1.42. The Hall–Kier alpha value is -4.28. The van der Waals surface area contributed by atoms with E-state index in [-0.39, 0.29) is 24.4 Å². The fraction of sp³-hybridized carbons (Fsp3) is 0.333. The summed E-state index contributed by atoms with van der Waals surface area (Å²) in [6.45, 7) is 0.0790. The van der Waals surface area contributed by atoms with Crippen molar-refractivity contribution in [3.05, 3.63) is 67.1 Å². The Labute approximate surface area is 203 Å². The van der Waals surface area contributed by atoms with Gasteiger partial charge in [0.05, 0.1) is 29.8 Å². The number of benzene rings is 1. The average Bonchev–Trinajstić information content (AvgIpc) is 3.66. The van der Waals surface area contributed by atoms with Gasteiger partial charge in [-0.05, 0) is 36.6 Å². The van der Waals surface area contributed by atoms with Gasteiger partial charge in [0.2, 0.25) is 11.8 Å². The summed E-state index contributed by atoms with van der Waals surface area (Å²) in [5.41, 5.74) is 2.81. The largest absolute Gasteiger partial charge is 0.359 e. The molecule has 4 rings (SSSR count). The van der Waals surface area contributed by atoms with Crippen molar-refractivity contribution >= 4 is 11.8 Å². The Bertz CT molecular complexity index is 1200. The zero-order chi connectivity index (χ0) is 24.5. The number of aromatic nitrogens is 7. The molecule has 3 aromatic heterocycles. The molecule has 0 radical (unpaired) electrons. The van der Waals surface area contributed by atoms with Gasteiger partial charge in [-0.15, -0.1) is 5.10 Å². The highest BCUT2D eigenvalue weighted by Crippen LogP contribution is 2.23. The number of hydrogen-bond donors (Lipinski definition) is 3. The second-order valence-corrected chi connectivity index (χ2v) is 8.17. The molecule has 0 saturated heterocycles. The molecule has 182 valence electrons. The van der Waals surface area contributed by atoms with Gasteiger partial charge in [0.1, 0.15) is 12.4 Å². The van der Waals surface area contributed by atoms with Crippen molar-refractivity contribution in [3.63, 3.8) is 0 Å². The normalized spacial score (nSPS) is 11.8. The van der Waals surface area contributed by atoms with Gasteiger partial charge >= 0.3 is 0 Å². The number of nitrogens with one attached hydrogen (secondary N) is 3. The molecule has 0 fully saturated rings. The van der Waals surface area contributed by atoms with Crippen LogP contribution < -0.4 is 10.6 Å². The first-order valence-electron chi connectivity index (χ1n) is 11.6. The maximum atomic E-state index is 12.6. The van der Waals surface area contributed by atoms with Crippen molar-refractivity contribution in [2.24, 2.45) is 0 Å². The maximum absolute atomic E-state index is 12.6. The predicted molar refractivity (Wildman–Crippen MR) is 129 cm³/mol. The molecule has 3 N–H and O–H groups in total. The summed E-state index contributed by atoms with van der Waals surface area (Å²) in [7, 11) is 1.64. The highest BCUT2D eigenvalue weighted by atomic mass is 16.2. The number of carbonyl (C=O) groups excluding carboxylic acids is 2. The first-order valence-corrected chi connectivity index (χ1v) is 11.6. The monoisotopic (exact) mass is 475 g/mol. The molecule has 11 nitrogen and oxygen atoms in total. The van der Waals surface area contributed by atoms with Crippen molar-refractivity contribution in [3.8, 4) is 16.9 Å². The minimum atomic E-state index is -0.289. The minimum Gasteiger partial charge on any atom is -0.359 e. The van der Waals surface area contributed by atoms with Crippen LogP contribution in [-0.2, 0) is 16.1 Å². The van der Waals surface area contributed by atoms with Gasteiger partial charge in [0.25, 0.3) is 0 Å². The molecule has 35 heavy (non-hydrogen) atoms. The first kappa shape index (κ1) is 23.9. The smallest absolute Gasteiger partial charge is 0.242 e. The number of carbonyl (C=O) groups is 2. The van der Waals surface area contributed by atoms with Crippen LogP contribution in [0.25, 0.3) is 16.9 Å². The summed E-state index contributed by atoms with van der Waals surface area (Å²) >= 11 is 0. The summed E-state index contributed by atoms with van der Waals surface area (Å²) in [5, 5.41) is 17.5. The molecular weight excluding hydrogens is 446 g/mol. The molecule has 0 bridgehead atoms. The number of unbranched alkanes of at least 4 members (excludes halogenated alkanes) is 2. The number of hydrogen-bond acceptors (Lipinski definition) is 6. The Morgan fingerprint density at radius 2 is 1.91 bits per heavy atom. The Morgan fingerprint density at radius 3 is 2.63 bits per heavy atom. The van der Waals surface area contributed by atoms with E-state index in [1.165, 1.54) is 10.9 Å². The highest BCUT2D eigenvalue weighted by Gasteiger charge is 2.19. The summed E-state index contributed by atoms with van der Waals surface area (Å²) < 4.78 is 3.28. The third kappa shape index (κ3) is 6.62. The van der Waals surface area contributed by atoms with Gasteiger partial charge in [-0.2, -0.15) is 5.10 Å². The van der Waals surface area contributed by atoms with Crippen LogP contribution >= 0.6 is 0 Å². The van der Waals surface area contributed by atoms with Crippen LogP contribution in [0.4, 0.5) is 0 Å². The summed E-state index contributed by atoms with van der Waals surface area (Å²) in [6.07, 6.45) is 12.3. The predicted octanol–water partition coefficient (Wildman–Crippen LogP) is 2.41. The SMILES string of the molecule is CNC(=O)CCCCCC(NC(=O)Cn1ccnn1)c1ncc(-c2ccc(-n3cccn3)cc2)[nH]1. The van der Waals surface area contributed by atoms with Crippen molar-refractivity contribution in [2.45, 2.75) is 44.7 Å². The fourth-order valence-corrected chi connectivity index (χ4v) is 3.79. The lowest BCUT2D eigenvalue weighted by Crippen LogP contribution is -2.32. The lowest BCUT2D eigenvalue weighted by molar-refractivity contribution is -0.123. The van der Waals surface area contributed by atoms with Gasteiger partial charge in [0.15, 0.2) is 0 Å². The van der Waals surface area contributed by atoms with Crippen molar-refractivity contribution in [1.29, 1.82) is 0 Å². The summed E-state index contributed by atoms with van der Waals surface area (Å²) in [4.78, 5) is 32.0. The highest BCUT2D eigenvalue weighted by molar-refractivity contribution is 5.76. The van der Waals surface area contributed by atoms with Crippen LogP contribution in [0.3, 0.4) is 0 Å². The van der Waals surface area contributed by atoms with E-state index in [0.717, 1.165) is 36.2 Å². The molecule has 0 aliphatic rings. The number of aromatic amines is 1. The van der Waals surface area contributed by atoms with E-state index >= 15 is 0 Å². The third-order valence-corrected chi connectivity index (χ3v) is 5.66. The molecule has 1 unspecified atom stereocenters. The van der Waals surface area contributed by atoms with E-state index in [1.807, 2.05) is 36.5 Å². The van der Waals surface area contributed by atoms with Crippen molar-refractivity contribution in [2.75, 3.05) is 7.05 Å². The van der Waals surface area contributed by atoms with Gasteiger partial charge in [-0.1, -0.05) is 30.2 Å². The van der Waals surface area contributed by atoms with Gasteiger partial charge in [-0.25, -0.2) is 14.3 Å². The van der Waals surface area contributed by atoms with Gasteiger partial charge in [-0.3, -0.25) is 9.59 Å². The molecule has 1 aromatic carbocycles. The fourth-order valence-electron chi connectivity index (χ4n) is 3.79. The average molecular weight is 476 g/mol. The van der Waals surface area contributed by atoms with Gasteiger partial charge in [0, 0.05) is 32.1 Å². The van der Waals surface area contributed by atoms with E-state index in [2.05, 4.69) is 36.0 Å². The van der Waals surface area contributed by atoms with Crippen LogP contribution in [-0.4, -0.2) is 53.6 Å². The van der Waals surface area contributed by atoms with E-state index in [0.29, 0.717) is 18.7 Å². The minimum absolute atomic E-state index is 0.0388. The lowest BCUT2D eigenvalue weighted by Gasteiger charge is -2.17. The quantitative estimate of drug-likeness (QED) is 0.269. The zero-order valence-corrected chi connectivity index (χ0v) is 19.6. The van der Waals surface area contributed by atoms with Crippen molar-refractivity contribution < 1.29 is 9.59 Å². The van der Waals surface area contributed by atoms with E-state index in [1.54, 1.807) is 30.3 Å². The molecule has 1 atom stereocenters. The number of imidazole rings is 1.